The number of hydrogen-bond donors (Lipinski definition) is 2. The Morgan fingerprint density at radius 1 is 1.41 bits per heavy atom. The van der Waals surface area contributed by atoms with E-state index in [4.69, 9.17) is 0 Å². The Balaban J connectivity index is 1.60. The summed E-state index contributed by atoms with van der Waals surface area (Å²) >= 11 is 3.40. The Hall–Kier alpha value is -1.82. The molecule has 0 aliphatic carbocycles. The van der Waals surface area contributed by atoms with E-state index in [0.29, 0.717) is 19.5 Å². The first kappa shape index (κ1) is 16.5. The summed E-state index contributed by atoms with van der Waals surface area (Å²) in [6.45, 7) is 2.12. The minimum absolute atomic E-state index is 0.224. The monoisotopic (exact) mass is 365 g/mol. The van der Waals surface area contributed by atoms with Gasteiger partial charge in [0, 0.05) is 36.7 Å². The van der Waals surface area contributed by atoms with Crippen LogP contribution in [0.15, 0.2) is 34.9 Å². The first-order chi connectivity index (χ1) is 10.6. The van der Waals surface area contributed by atoms with E-state index in [-0.39, 0.29) is 11.9 Å². The van der Waals surface area contributed by atoms with Gasteiger partial charge in [-0.25, -0.2) is 4.79 Å². The lowest BCUT2D eigenvalue weighted by atomic mass is 10.2. The molecule has 0 atom stereocenters. The van der Waals surface area contributed by atoms with Gasteiger partial charge in [-0.15, -0.1) is 0 Å². The van der Waals surface area contributed by atoms with Crippen molar-refractivity contribution >= 4 is 33.9 Å². The van der Waals surface area contributed by atoms with Crippen LogP contribution in [-0.4, -0.2) is 36.5 Å². The Morgan fingerprint density at radius 3 is 3.00 bits per heavy atom. The van der Waals surface area contributed by atoms with Crippen molar-refractivity contribution in [2.45, 2.75) is 19.3 Å². The molecule has 1 saturated heterocycles. The van der Waals surface area contributed by atoms with Crippen molar-refractivity contribution in [1.29, 1.82) is 0 Å². The number of benzene rings is 1. The molecule has 1 aliphatic heterocycles. The van der Waals surface area contributed by atoms with Crippen molar-refractivity contribution in [3.8, 4) is 0 Å². The molecule has 0 radical (unpaired) electrons. The van der Waals surface area contributed by atoms with Crippen LogP contribution in [0.3, 0.4) is 0 Å². The molecule has 1 aromatic carbocycles. The van der Waals surface area contributed by atoms with Crippen LogP contribution >= 0.6 is 15.9 Å². The third-order valence-corrected chi connectivity index (χ3v) is 3.89. The van der Waals surface area contributed by atoms with Crippen molar-refractivity contribution in [1.82, 2.24) is 15.5 Å². The summed E-state index contributed by atoms with van der Waals surface area (Å²) in [6, 6.07) is 7.56. The van der Waals surface area contributed by atoms with Gasteiger partial charge in [-0.2, -0.15) is 0 Å². The molecule has 2 rings (SSSR count). The van der Waals surface area contributed by atoms with Crippen LogP contribution in [0.2, 0.25) is 0 Å². The fourth-order valence-electron chi connectivity index (χ4n) is 2.29. The molecule has 118 valence electrons. The third kappa shape index (κ3) is 5.52. The van der Waals surface area contributed by atoms with E-state index in [9.17, 15) is 9.59 Å². The van der Waals surface area contributed by atoms with Crippen molar-refractivity contribution < 1.29 is 9.59 Å². The van der Waals surface area contributed by atoms with E-state index in [2.05, 4.69) is 26.6 Å². The van der Waals surface area contributed by atoms with Gasteiger partial charge in [0.1, 0.15) is 0 Å². The van der Waals surface area contributed by atoms with Crippen molar-refractivity contribution in [2.75, 3.05) is 19.6 Å². The number of rotatable bonds is 6. The molecule has 1 heterocycles. The third-order valence-electron chi connectivity index (χ3n) is 3.40. The van der Waals surface area contributed by atoms with Gasteiger partial charge >= 0.3 is 6.03 Å². The van der Waals surface area contributed by atoms with Crippen LogP contribution in [0.25, 0.3) is 6.08 Å². The van der Waals surface area contributed by atoms with Crippen LogP contribution in [0.5, 0.6) is 0 Å². The second-order valence-corrected chi connectivity index (χ2v) is 6.04. The minimum Gasteiger partial charge on any atom is -0.343 e. The van der Waals surface area contributed by atoms with Crippen LogP contribution in [0.1, 0.15) is 24.8 Å². The van der Waals surface area contributed by atoms with E-state index in [1.807, 2.05) is 35.2 Å². The van der Waals surface area contributed by atoms with Gasteiger partial charge in [0.15, 0.2) is 0 Å². The first-order valence-corrected chi connectivity index (χ1v) is 8.19. The van der Waals surface area contributed by atoms with Crippen LogP contribution in [-0.2, 0) is 4.79 Å². The summed E-state index contributed by atoms with van der Waals surface area (Å²) in [5, 5.41) is 5.43. The largest absolute Gasteiger partial charge is 0.343 e. The summed E-state index contributed by atoms with van der Waals surface area (Å²) in [7, 11) is 0. The molecule has 0 unspecified atom stereocenters. The van der Waals surface area contributed by atoms with E-state index >= 15 is 0 Å². The topological polar surface area (TPSA) is 61.4 Å². The average Bonchev–Trinajstić information content (AvgIpc) is 2.89. The Labute approximate surface area is 138 Å². The molecule has 1 fully saturated rings. The van der Waals surface area contributed by atoms with Crippen molar-refractivity contribution in [3.05, 3.63) is 40.5 Å². The van der Waals surface area contributed by atoms with Gasteiger partial charge < -0.3 is 15.5 Å². The molecule has 5 nitrogen and oxygen atoms in total. The molecule has 0 aromatic heterocycles. The Kier molecular flexibility index (Phi) is 6.45. The zero-order valence-electron chi connectivity index (χ0n) is 12.3. The van der Waals surface area contributed by atoms with E-state index in [1.165, 1.54) is 0 Å². The number of halogens is 1. The molecule has 1 aliphatic rings. The highest BCUT2D eigenvalue weighted by Crippen LogP contribution is 2.12. The molecule has 0 spiro atoms. The molecule has 22 heavy (non-hydrogen) atoms. The number of carbonyl (C=O) groups excluding carboxylic acids is 2. The van der Waals surface area contributed by atoms with Crippen molar-refractivity contribution in [3.63, 3.8) is 0 Å². The lowest BCUT2D eigenvalue weighted by Crippen LogP contribution is -2.35. The maximum Gasteiger partial charge on any atom is 0.318 e. The summed E-state index contributed by atoms with van der Waals surface area (Å²) in [5.74, 6) is 0.224. The maximum absolute atomic E-state index is 11.6. The van der Waals surface area contributed by atoms with E-state index < -0.39 is 0 Å². The number of amides is 3. The number of hydrogen-bond acceptors (Lipinski definition) is 2. The highest BCUT2D eigenvalue weighted by Gasteiger charge is 2.18. The summed E-state index contributed by atoms with van der Waals surface area (Å²) < 4.78 is 0.996. The first-order valence-electron chi connectivity index (χ1n) is 7.39. The second kappa shape index (κ2) is 8.58. The fraction of sp³-hybridized carbons (Fsp3) is 0.375. The summed E-state index contributed by atoms with van der Waals surface area (Å²) in [6.07, 6.45) is 5.82. The zero-order valence-corrected chi connectivity index (χ0v) is 13.9. The molecular weight excluding hydrogens is 346 g/mol. The highest BCUT2D eigenvalue weighted by atomic mass is 79.9. The van der Waals surface area contributed by atoms with Gasteiger partial charge in [0.05, 0.1) is 0 Å². The second-order valence-electron chi connectivity index (χ2n) is 5.13. The Bertz CT molecular complexity index is 560. The number of urea groups is 1. The number of likely N-dealkylation sites (tertiary alicyclic amines) is 1. The molecule has 3 amide bonds. The molecule has 2 N–H and O–H groups in total. The predicted octanol–water partition coefficient (Wildman–Crippen LogP) is 2.73. The van der Waals surface area contributed by atoms with Gasteiger partial charge in [0.25, 0.3) is 0 Å². The minimum atomic E-state index is -0.237. The predicted molar refractivity (Wildman–Crippen MR) is 90.1 cm³/mol. The Morgan fingerprint density at radius 2 is 2.27 bits per heavy atom. The summed E-state index contributed by atoms with van der Waals surface area (Å²) in [4.78, 5) is 24.9. The average molecular weight is 366 g/mol. The summed E-state index contributed by atoms with van der Waals surface area (Å²) in [5.41, 5.74) is 1.00. The number of nitrogens with one attached hydrogen (secondary N) is 2. The number of nitrogens with zero attached hydrogens (tertiary/aromatic N) is 1. The SMILES string of the molecule is O=C(N/C=C/c1cccc(Br)c1)NCCCN1CCCC1=O. The zero-order chi connectivity index (χ0) is 15.8. The smallest absolute Gasteiger partial charge is 0.318 e. The van der Waals surface area contributed by atoms with Crippen LogP contribution < -0.4 is 10.6 Å². The fourth-order valence-corrected chi connectivity index (χ4v) is 2.70. The van der Waals surface area contributed by atoms with Gasteiger partial charge in [-0.05, 0) is 36.6 Å². The standard InChI is InChI=1S/C16H20BrN3O2/c17-14-5-1-4-13(12-14)7-9-19-16(22)18-8-3-11-20-10-2-6-15(20)21/h1,4-5,7,9,12H,2-3,6,8,10-11H2,(H2,18,19,22)/b9-7+. The van der Waals surface area contributed by atoms with Gasteiger partial charge in [-0.1, -0.05) is 28.1 Å². The lowest BCUT2D eigenvalue weighted by Gasteiger charge is -2.15. The van der Waals surface area contributed by atoms with Gasteiger partial charge in [0.2, 0.25) is 5.91 Å². The molecule has 1 aromatic rings. The molecular formula is C16H20BrN3O2. The molecule has 0 bridgehead atoms. The van der Waals surface area contributed by atoms with Crippen LogP contribution in [0.4, 0.5) is 4.79 Å². The normalized spacial score (nSPS) is 14.6. The quantitative estimate of drug-likeness (QED) is 0.761. The van der Waals surface area contributed by atoms with Crippen LogP contribution in [0, 0.1) is 0 Å². The van der Waals surface area contributed by atoms with E-state index in [1.54, 1.807) is 6.20 Å². The van der Waals surface area contributed by atoms with E-state index in [0.717, 1.165) is 29.4 Å². The van der Waals surface area contributed by atoms with Crippen molar-refractivity contribution in [2.24, 2.45) is 0 Å². The molecule has 0 saturated carbocycles. The lowest BCUT2D eigenvalue weighted by molar-refractivity contribution is -0.127. The molecule has 6 heteroatoms. The maximum atomic E-state index is 11.6. The number of carbonyl (C=O) groups is 2. The highest BCUT2D eigenvalue weighted by molar-refractivity contribution is 9.10. The van der Waals surface area contributed by atoms with Gasteiger partial charge in [-0.3, -0.25) is 4.79 Å².